The number of epoxide rings is 1. The third kappa shape index (κ3) is 3.37. The maximum atomic E-state index is 8.61. The molecule has 1 fully saturated rings. The van der Waals surface area contributed by atoms with Crippen LogP contribution in [0.5, 0.6) is 0 Å². The van der Waals surface area contributed by atoms with E-state index in [2.05, 4.69) is 6.58 Å². The highest BCUT2D eigenvalue weighted by atomic mass is 16.6. The predicted molar refractivity (Wildman–Crippen MR) is 49.0 cm³/mol. The standard InChI is InChI=1S/C10H18O2/c1-2-3-4-5-6-9-10(12-9)7-8-11/h2,9-11H,1,3-8H2. The molecule has 2 unspecified atom stereocenters. The summed E-state index contributed by atoms with van der Waals surface area (Å²) in [4.78, 5) is 0. The van der Waals surface area contributed by atoms with Gasteiger partial charge < -0.3 is 9.84 Å². The van der Waals surface area contributed by atoms with E-state index in [1.165, 1.54) is 12.8 Å². The number of hydrogen-bond acceptors (Lipinski definition) is 2. The predicted octanol–water partition coefficient (Wildman–Crippen LogP) is 1.88. The minimum atomic E-state index is 0.258. The molecule has 0 radical (unpaired) electrons. The first-order valence-electron chi connectivity index (χ1n) is 4.75. The van der Waals surface area contributed by atoms with Crippen molar-refractivity contribution in [2.75, 3.05) is 6.61 Å². The van der Waals surface area contributed by atoms with Gasteiger partial charge in [0.25, 0.3) is 0 Å². The molecule has 1 aliphatic heterocycles. The van der Waals surface area contributed by atoms with Crippen molar-refractivity contribution in [2.24, 2.45) is 0 Å². The number of aliphatic hydroxyl groups is 1. The Morgan fingerprint density at radius 2 is 2.00 bits per heavy atom. The highest BCUT2D eigenvalue weighted by Gasteiger charge is 2.36. The Labute approximate surface area is 74.2 Å². The smallest absolute Gasteiger partial charge is 0.0863 e. The molecule has 70 valence electrons. The maximum absolute atomic E-state index is 8.61. The van der Waals surface area contributed by atoms with Gasteiger partial charge in [0.05, 0.1) is 12.2 Å². The molecule has 2 heteroatoms. The van der Waals surface area contributed by atoms with Crippen LogP contribution in [0.4, 0.5) is 0 Å². The highest BCUT2D eigenvalue weighted by Crippen LogP contribution is 2.29. The van der Waals surface area contributed by atoms with Gasteiger partial charge in [-0.25, -0.2) is 0 Å². The normalized spacial score (nSPS) is 27.1. The molecule has 0 amide bonds. The molecule has 0 aromatic heterocycles. The Hall–Kier alpha value is -0.340. The Bertz CT molecular complexity index is 134. The van der Waals surface area contributed by atoms with Gasteiger partial charge in [-0.2, -0.15) is 0 Å². The lowest BCUT2D eigenvalue weighted by atomic mass is 10.1. The average Bonchev–Trinajstić information content (AvgIpc) is 2.79. The second kappa shape index (κ2) is 5.33. The van der Waals surface area contributed by atoms with Crippen LogP contribution in [0.3, 0.4) is 0 Å². The average molecular weight is 170 g/mol. The molecule has 1 rings (SSSR count). The van der Waals surface area contributed by atoms with E-state index >= 15 is 0 Å². The lowest BCUT2D eigenvalue weighted by Crippen LogP contribution is -1.96. The number of rotatable bonds is 7. The number of unbranched alkanes of at least 4 members (excludes halogenated alkanes) is 2. The zero-order chi connectivity index (χ0) is 8.81. The molecule has 0 aromatic rings. The molecule has 1 N–H and O–H groups in total. The fourth-order valence-electron chi connectivity index (χ4n) is 1.45. The van der Waals surface area contributed by atoms with Gasteiger partial charge >= 0.3 is 0 Å². The van der Waals surface area contributed by atoms with Crippen LogP contribution in [-0.2, 0) is 4.74 Å². The van der Waals surface area contributed by atoms with Gasteiger partial charge in [0.2, 0.25) is 0 Å². The summed E-state index contributed by atoms with van der Waals surface area (Å²) in [6, 6.07) is 0. The van der Waals surface area contributed by atoms with E-state index in [9.17, 15) is 0 Å². The topological polar surface area (TPSA) is 32.8 Å². The van der Waals surface area contributed by atoms with Crippen LogP contribution < -0.4 is 0 Å². The van der Waals surface area contributed by atoms with Crippen LogP contribution >= 0.6 is 0 Å². The molecule has 0 spiro atoms. The maximum Gasteiger partial charge on any atom is 0.0863 e. The van der Waals surface area contributed by atoms with Crippen LogP contribution in [0.15, 0.2) is 12.7 Å². The summed E-state index contributed by atoms with van der Waals surface area (Å²) in [6.45, 7) is 3.93. The van der Waals surface area contributed by atoms with Gasteiger partial charge in [0.1, 0.15) is 0 Å². The van der Waals surface area contributed by atoms with E-state index in [0.717, 1.165) is 19.3 Å². The van der Waals surface area contributed by atoms with Gasteiger partial charge in [-0.1, -0.05) is 12.5 Å². The van der Waals surface area contributed by atoms with E-state index in [0.29, 0.717) is 12.2 Å². The van der Waals surface area contributed by atoms with Crippen molar-refractivity contribution in [3.63, 3.8) is 0 Å². The summed E-state index contributed by atoms with van der Waals surface area (Å²) in [5.74, 6) is 0. The summed E-state index contributed by atoms with van der Waals surface area (Å²) in [6.07, 6.45) is 8.27. The number of aliphatic hydroxyl groups excluding tert-OH is 1. The highest BCUT2D eigenvalue weighted by molar-refractivity contribution is 4.84. The lowest BCUT2D eigenvalue weighted by molar-refractivity contribution is 0.262. The minimum Gasteiger partial charge on any atom is -0.396 e. The summed E-state index contributed by atoms with van der Waals surface area (Å²) < 4.78 is 5.35. The van der Waals surface area contributed by atoms with Gasteiger partial charge in [-0.15, -0.1) is 6.58 Å². The zero-order valence-electron chi connectivity index (χ0n) is 7.54. The molecule has 2 nitrogen and oxygen atoms in total. The first kappa shape index (κ1) is 9.75. The fourth-order valence-corrected chi connectivity index (χ4v) is 1.45. The van der Waals surface area contributed by atoms with Crippen molar-refractivity contribution in [1.82, 2.24) is 0 Å². The minimum absolute atomic E-state index is 0.258. The second-order valence-corrected chi connectivity index (χ2v) is 3.30. The van der Waals surface area contributed by atoms with Crippen molar-refractivity contribution >= 4 is 0 Å². The molecule has 1 aliphatic rings. The van der Waals surface area contributed by atoms with E-state index in [4.69, 9.17) is 9.84 Å². The van der Waals surface area contributed by atoms with E-state index in [1.807, 2.05) is 6.08 Å². The fraction of sp³-hybridized carbons (Fsp3) is 0.800. The zero-order valence-corrected chi connectivity index (χ0v) is 7.54. The Kier molecular flexibility index (Phi) is 4.33. The summed E-state index contributed by atoms with van der Waals surface area (Å²) >= 11 is 0. The van der Waals surface area contributed by atoms with Crippen LogP contribution in [0.1, 0.15) is 32.1 Å². The van der Waals surface area contributed by atoms with Crippen LogP contribution in [-0.4, -0.2) is 23.9 Å². The quantitative estimate of drug-likeness (QED) is 0.359. The molecule has 0 bridgehead atoms. The monoisotopic (exact) mass is 170 g/mol. The van der Waals surface area contributed by atoms with Gasteiger partial charge in [-0.3, -0.25) is 0 Å². The van der Waals surface area contributed by atoms with E-state index in [1.54, 1.807) is 0 Å². The van der Waals surface area contributed by atoms with E-state index in [-0.39, 0.29) is 6.61 Å². The SMILES string of the molecule is C=CCCCCC1OC1CCO. The Balaban J connectivity index is 1.86. The van der Waals surface area contributed by atoms with Crippen molar-refractivity contribution in [3.8, 4) is 0 Å². The van der Waals surface area contributed by atoms with Crippen molar-refractivity contribution in [1.29, 1.82) is 0 Å². The molecular weight excluding hydrogens is 152 g/mol. The Morgan fingerprint density at radius 3 is 2.67 bits per heavy atom. The number of ether oxygens (including phenoxy) is 1. The largest absolute Gasteiger partial charge is 0.396 e. The summed E-state index contributed by atoms with van der Waals surface area (Å²) in [5, 5.41) is 8.61. The molecule has 2 atom stereocenters. The van der Waals surface area contributed by atoms with Crippen molar-refractivity contribution < 1.29 is 9.84 Å². The Morgan fingerprint density at radius 1 is 1.25 bits per heavy atom. The molecule has 0 saturated carbocycles. The van der Waals surface area contributed by atoms with Crippen molar-refractivity contribution in [3.05, 3.63) is 12.7 Å². The van der Waals surface area contributed by atoms with Gasteiger partial charge in [-0.05, 0) is 25.7 Å². The molecule has 1 saturated heterocycles. The molecule has 0 aromatic carbocycles. The summed E-state index contributed by atoms with van der Waals surface area (Å²) in [7, 11) is 0. The summed E-state index contributed by atoms with van der Waals surface area (Å²) in [5.41, 5.74) is 0. The molecule has 12 heavy (non-hydrogen) atoms. The molecule has 0 aliphatic carbocycles. The molecule has 1 heterocycles. The first-order chi connectivity index (χ1) is 5.88. The molecular formula is C10H18O2. The van der Waals surface area contributed by atoms with Crippen molar-refractivity contribution in [2.45, 2.75) is 44.3 Å². The van der Waals surface area contributed by atoms with Gasteiger partial charge in [0, 0.05) is 6.61 Å². The van der Waals surface area contributed by atoms with Crippen LogP contribution in [0.25, 0.3) is 0 Å². The van der Waals surface area contributed by atoms with E-state index < -0.39 is 0 Å². The number of allylic oxidation sites excluding steroid dienone is 1. The third-order valence-electron chi connectivity index (χ3n) is 2.25. The third-order valence-corrected chi connectivity index (χ3v) is 2.25. The van der Waals surface area contributed by atoms with Gasteiger partial charge in [0.15, 0.2) is 0 Å². The van der Waals surface area contributed by atoms with Crippen LogP contribution in [0, 0.1) is 0 Å². The second-order valence-electron chi connectivity index (χ2n) is 3.30. The first-order valence-corrected chi connectivity index (χ1v) is 4.75. The number of hydrogen-bond donors (Lipinski definition) is 1. The lowest BCUT2D eigenvalue weighted by Gasteiger charge is -1.93. The van der Waals surface area contributed by atoms with Crippen LogP contribution in [0.2, 0.25) is 0 Å².